The maximum Gasteiger partial charge on any atom is 0.414 e. The number of sulfonamides is 1. The summed E-state index contributed by atoms with van der Waals surface area (Å²) in [6, 6.07) is 11.8. The Balaban J connectivity index is 0.000000318. The molecule has 1 aromatic heterocycles. The van der Waals surface area contributed by atoms with E-state index in [1.165, 1.54) is 4.31 Å². The van der Waals surface area contributed by atoms with Crippen LogP contribution in [0.15, 0.2) is 75.0 Å². The second-order valence-corrected chi connectivity index (χ2v) is 15.1. The summed E-state index contributed by atoms with van der Waals surface area (Å²) in [5.41, 5.74) is 1.44. The molecule has 0 bridgehead atoms. The predicted octanol–water partition coefficient (Wildman–Crippen LogP) is 4.55. The molecule has 4 aromatic rings. The monoisotopic (exact) mass is 731 g/mol. The zero-order valence-electron chi connectivity index (χ0n) is 24.9. The largest absolute Gasteiger partial charge is 0.443 e. The number of amides is 1. The Morgan fingerprint density at radius 1 is 0.833 bits per heavy atom. The van der Waals surface area contributed by atoms with Gasteiger partial charge >= 0.3 is 6.09 Å². The molecule has 1 unspecified atom stereocenters. The smallest absolute Gasteiger partial charge is 0.414 e. The van der Waals surface area contributed by atoms with Gasteiger partial charge in [-0.2, -0.15) is 9.29 Å². The van der Waals surface area contributed by atoms with Crippen molar-refractivity contribution in [3.63, 3.8) is 0 Å². The fourth-order valence-electron chi connectivity index (χ4n) is 4.89. The molecule has 0 saturated carbocycles. The lowest BCUT2D eigenvalue weighted by molar-refractivity contribution is 0.0937. The maximum absolute atomic E-state index is 13.5. The maximum atomic E-state index is 13.5. The first-order valence-corrected chi connectivity index (χ1v) is 17.8. The number of ether oxygens (including phenoxy) is 1. The lowest BCUT2D eigenvalue weighted by Crippen LogP contribution is -2.50. The van der Waals surface area contributed by atoms with Gasteiger partial charge in [0.2, 0.25) is 21.7 Å². The standard InChI is InChI=1S/C23H23F2N5O5S.C6H3ClF2O2S/c1-15-26-22(27-35-15)16-2-4-17(5-3-16)30-14-18(34-23(30)31)13-28-8-10-29(11-9-28)36(32,33)19-6-7-20(24)21(25)12-19;7-12(10,11)4-1-2-5(8)6(9)3-4/h2-7,12,18H,8-11,13-14H2,1H3;1-3H. The van der Waals surface area contributed by atoms with Crippen molar-refractivity contribution >= 4 is 41.5 Å². The molecule has 0 spiro atoms. The van der Waals surface area contributed by atoms with E-state index in [1.54, 1.807) is 36.1 Å². The van der Waals surface area contributed by atoms with Crippen molar-refractivity contribution in [3.05, 3.63) is 89.8 Å². The number of nitrogens with zero attached hydrogens (tertiary/aromatic N) is 5. The lowest BCUT2D eigenvalue weighted by atomic mass is 10.2. The van der Waals surface area contributed by atoms with Gasteiger partial charge in [0, 0.05) is 61.6 Å². The number of hydrogen-bond acceptors (Lipinski definition) is 10. The Hall–Kier alpha value is -4.10. The van der Waals surface area contributed by atoms with Gasteiger partial charge in [-0.1, -0.05) is 5.16 Å². The minimum atomic E-state index is -3.98. The highest BCUT2D eigenvalue weighted by atomic mass is 35.7. The fraction of sp³-hybridized carbons (Fsp3) is 0.276. The first kappa shape index (κ1) is 35.2. The molecule has 3 heterocycles. The van der Waals surface area contributed by atoms with Crippen LogP contribution in [-0.2, 0) is 23.8 Å². The first-order valence-electron chi connectivity index (χ1n) is 14.1. The summed E-state index contributed by atoms with van der Waals surface area (Å²) in [5.74, 6) is -3.73. The Kier molecular flexibility index (Phi) is 10.4. The van der Waals surface area contributed by atoms with Gasteiger partial charge in [0.05, 0.1) is 16.3 Å². The molecular weight excluding hydrogens is 706 g/mol. The lowest BCUT2D eigenvalue weighted by Gasteiger charge is -2.34. The van der Waals surface area contributed by atoms with Crippen molar-refractivity contribution in [2.75, 3.05) is 44.2 Å². The zero-order valence-corrected chi connectivity index (χ0v) is 27.3. The molecule has 1 amide bonds. The van der Waals surface area contributed by atoms with E-state index >= 15 is 0 Å². The van der Waals surface area contributed by atoms with E-state index in [0.29, 0.717) is 61.8 Å². The van der Waals surface area contributed by atoms with Crippen molar-refractivity contribution < 1.29 is 48.5 Å². The van der Waals surface area contributed by atoms with Gasteiger partial charge in [0.1, 0.15) is 6.10 Å². The van der Waals surface area contributed by atoms with Crippen LogP contribution >= 0.6 is 10.7 Å². The van der Waals surface area contributed by atoms with E-state index < -0.39 is 53.3 Å². The fourth-order valence-corrected chi connectivity index (χ4v) is 7.09. The number of carbonyl (C=O) groups is 1. The number of piperazine rings is 1. The zero-order chi connectivity index (χ0) is 34.8. The number of aryl methyl sites for hydroxylation is 1. The number of hydrogen-bond donors (Lipinski definition) is 0. The molecule has 2 aliphatic rings. The van der Waals surface area contributed by atoms with Crippen LogP contribution in [0.5, 0.6) is 0 Å². The van der Waals surface area contributed by atoms with Gasteiger partial charge in [-0.3, -0.25) is 9.80 Å². The molecule has 0 N–H and O–H groups in total. The highest BCUT2D eigenvalue weighted by molar-refractivity contribution is 8.13. The molecule has 1 atom stereocenters. The molecule has 19 heteroatoms. The van der Waals surface area contributed by atoms with Gasteiger partial charge in [-0.25, -0.2) is 39.2 Å². The number of cyclic esters (lactones) is 1. The van der Waals surface area contributed by atoms with E-state index in [-0.39, 0.29) is 24.1 Å². The van der Waals surface area contributed by atoms with Crippen LogP contribution in [0.1, 0.15) is 5.89 Å². The van der Waals surface area contributed by atoms with Crippen molar-refractivity contribution in [3.8, 4) is 11.4 Å². The molecular formula is C29H26ClF4N5O7S2. The third-order valence-electron chi connectivity index (χ3n) is 7.33. The molecule has 2 aliphatic heterocycles. The molecule has 6 rings (SSSR count). The quantitative estimate of drug-likeness (QED) is 0.196. The molecule has 12 nitrogen and oxygen atoms in total. The van der Waals surface area contributed by atoms with Gasteiger partial charge < -0.3 is 9.26 Å². The number of rotatable bonds is 7. The molecule has 3 aromatic carbocycles. The number of carbonyl (C=O) groups excluding carboxylic acids is 1. The van der Waals surface area contributed by atoms with Crippen LogP contribution in [-0.4, -0.2) is 87.6 Å². The third kappa shape index (κ3) is 8.12. The van der Waals surface area contributed by atoms with Crippen molar-refractivity contribution in [2.24, 2.45) is 0 Å². The van der Waals surface area contributed by atoms with Crippen LogP contribution in [0.2, 0.25) is 0 Å². The number of halogens is 5. The van der Waals surface area contributed by atoms with Crippen LogP contribution in [0.25, 0.3) is 11.4 Å². The first-order chi connectivity index (χ1) is 22.6. The van der Waals surface area contributed by atoms with Crippen LogP contribution < -0.4 is 4.90 Å². The number of anilines is 1. The van der Waals surface area contributed by atoms with E-state index in [4.69, 9.17) is 19.9 Å². The summed E-state index contributed by atoms with van der Waals surface area (Å²) in [6.45, 7) is 3.70. The molecule has 2 fully saturated rings. The van der Waals surface area contributed by atoms with Crippen molar-refractivity contribution in [1.82, 2.24) is 19.3 Å². The average Bonchev–Trinajstić information content (AvgIpc) is 3.64. The van der Waals surface area contributed by atoms with Gasteiger partial charge in [-0.05, 0) is 60.7 Å². The molecule has 48 heavy (non-hydrogen) atoms. The summed E-state index contributed by atoms with van der Waals surface area (Å²) < 4.78 is 110. The van der Waals surface area contributed by atoms with E-state index in [1.807, 2.05) is 4.90 Å². The predicted molar refractivity (Wildman–Crippen MR) is 163 cm³/mol. The average molecular weight is 732 g/mol. The van der Waals surface area contributed by atoms with Crippen LogP contribution in [0.4, 0.5) is 28.0 Å². The van der Waals surface area contributed by atoms with Gasteiger partial charge in [0.25, 0.3) is 9.05 Å². The molecule has 0 aliphatic carbocycles. The van der Waals surface area contributed by atoms with Gasteiger partial charge in [0.15, 0.2) is 23.3 Å². The topological polar surface area (TPSA) is 143 Å². The van der Waals surface area contributed by atoms with Crippen molar-refractivity contribution in [1.29, 1.82) is 0 Å². The minimum Gasteiger partial charge on any atom is -0.443 e. The van der Waals surface area contributed by atoms with Gasteiger partial charge in [-0.15, -0.1) is 0 Å². The highest BCUT2D eigenvalue weighted by Crippen LogP contribution is 2.26. The summed E-state index contributed by atoms with van der Waals surface area (Å²) in [4.78, 5) is 19.5. The Morgan fingerprint density at radius 3 is 1.96 bits per heavy atom. The molecule has 256 valence electrons. The van der Waals surface area contributed by atoms with E-state index in [2.05, 4.69) is 10.1 Å². The summed E-state index contributed by atoms with van der Waals surface area (Å²) in [5, 5.41) is 3.88. The normalized spacial score (nSPS) is 17.6. The Bertz CT molecular complexity index is 2030. The summed E-state index contributed by atoms with van der Waals surface area (Å²) >= 11 is 0. The van der Waals surface area contributed by atoms with Crippen LogP contribution in [0, 0.1) is 30.2 Å². The summed E-state index contributed by atoms with van der Waals surface area (Å²) in [6.07, 6.45) is -0.839. The number of aromatic nitrogens is 2. The number of benzene rings is 3. The minimum absolute atomic E-state index is 0.183. The SMILES string of the molecule is Cc1nc(-c2ccc(N3CC(CN4CCN(S(=O)(=O)c5ccc(F)c(F)c5)CC4)OC3=O)cc2)no1.O=S(=O)(Cl)c1ccc(F)c(F)c1. The highest BCUT2D eigenvalue weighted by Gasteiger charge is 2.35. The second kappa shape index (κ2) is 14.2. The van der Waals surface area contributed by atoms with E-state index in [9.17, 15) is 39.2 Å². The van der Waals surface area contributed by atoms with Crippen molar-refractivity contribution in [2.45, 2.75) is 22.8 Å². The summed E-state index contributed by atoms with van der Waals surface area (Å²) in [7, 11) is -3.05. The van der Waals surface area contributed by atoms with E-state index in [0.717, 1.165) is 23.8 Å². The second-order valence-electron chi connectivity index (χ2n) is 10.6. The third-order valence-corrected chi connectivity index (χ3v) is 10.6. The Morgan fingerprint density at radius 2 is 1.42 bits per heavy atom. The Labute approximate surface area is 276 Å². The van der Waals surface area contributed by atoms with Crippen LogP contribution in [0.3, 0.4) is 0 Å². The molecule has 2 saturated heterocycles. The molecule has 0 radical (unpaired) electrons.